The Balaban J connectivity index is 1.87. The molecule has 0 aromatic carbocycles. The fraction of sp³-hybridized carbons (Fsp3) is 0.600. The van der Waals surface area contributed by atoms with Crippen molar-refractivity contribution in [3.05, 3.63) is 18.2 Å². The first kappa shape index (κ1) is 7.30. The lowest BCUT2D eigenvalue weighted by Gasteiger charge is -2.14. The Morgan fingerprint density at radius 2 is 2.15 bits per heavy atom. The highest BCUT2D eigenvalue weighted by atomic mass is 16.1. The maximum Gasteiger partial charge on any atom is 0.168 e. The molecule has 0 spiro atoms. The molecule has 1 aromatic heterocycles. The quantitative estimate of drug-likeness (QED) is 0.642. The third-order valence-corrected chi connectivity index (χ3v) is 3.43. The predicted molar refractivity (Wildman–Crippen MR) is 47.5 cm³/mol. The van der Waals surface area contributed by atoms with Crippen molar-refractivity contribution in [1.29, 1.82) is 0 Å². The van der Waals surface area contributed by atoms with Crippen LogP contribution in [0.25, 0.3) is 0 Å². The average Bonchev–Trinajstić information content (AvgIpc) is 2.67. The van der Waals surface area contributed by atoms with Crippen LogP contribution in [0, 0.1) is 11.8 Å². The maximum absolute atomic E-state index is 10.7. The van der Waals surface area contributed by atoms with Crippen LogP contribution in [0.2, 0.25) is 0 Å². The molecule has 0 saturated heterocycles. The van der Waals surface area contributed by atoms with E-state index in [-0.39, 0.29) is 0 Å². The molecule has 0 aliphatic heterocycles. The molecule has 3 rings (SSSR count). The van der Waals surface area contributed by atoms with Crippen LogP contribution in [0.5, 0.6) is 0 Å². The molecule has 2 saturated carbocycles. The molecule has 2 fully saturated rings. The number of hydrogen-bond donors (Lipinski definition) is 0. The fourth-order valence-corrected chi connectivity index (χ4v) is 2.62. The van der Waals surface area contributed by atoms with Gasteiger partial charge in [0.1, 0.15) is 5.69 Å². The van der Waals surface area contributed by atoms with Gasteiger partial charge in [-0.3, -0.25) is 4.79 Å². The van der Waals surface area contributed by atoms with Crippen LogP contribution in [-0.4, -0.2) is 15.8 Å². The Morgan fingerprint density at radius 1 is 1.38 bits per heavy atom. The van der Waals surface area contributed by atoms with Gasteiger partial charge in [-0.25, -0.2) is 4.98 Å². The first-order valence-electron chi connectivity index (χ1n) is 4.85. The molecular weight excluding hydrogens is 164 g/mol. The van der Waals surface area contributed by atoms with Crippen LogP contribution in [0.15, 0.2) is 12.5 Å². The zero-order valence-electron chi connectivity index (χ0n) is 7.39. The number of carbonyl (C=O) groups is 1. The Hall–Kier alpha value is -1.12. The molecule has 0 amide bonds. The second kappa shape index (κ2) is 2.44. The molecule has 0 N–H and O–H groups in total. The number of imidazole rings is 1. The molecule has 13 heavy (non-hydrogen) atoms. The van der Waals surface area contributed by atoms with E-state index in [1.807, 2.05) is 4.57 Å². The molecule has 3 heteroatoms. The van der Waals surface area contributed by atoms with E-state index < -0.39 is 0 Å². The largest absolute Gasteiger partial charge is 0.325 e. The molecule has 1 heterocycles. The average molecular weight is 176 g/mol. The molecule has 2 aliphatic carbocycles. The zero-order valence-corrected chi connectivity index (χ0v) is 7.39. The smallest absolute Gasteiger partial charge is 0.168 e. The van der Waals surface area contributed by atoms with Crippen LogP contribution in [0.3, 0.4) is 0 Å². The molecular formula is C10H12N2O. The fourth-order valence-electron chi connectivity index (χ4n) is 2.62. The van der Waals surface area contributed by atoms with Crippen molar-refractivity contribution < 1.29 is 4.79 Å². The summed E-state index contributed by atoms with van der Waals surface area (Å²) in [6.07, 6.45) is 8.26. The van der Waals surface area contributed by atoms with Gasteiger partial charge < -0.3 is 4.57 Å². The molecule has 1 aromatic rings. The summed E-state index contributed by atoms with van der Waals surface area (Å²) in [6, 6.07) is 0.548. The van der Waals surface area contributed by atoms with Gasteiger partial charge in [0.15, 0.2) is 6.29 Å². The van der Waals surface area contributed by atoms with Crippen molar-refractivity contribution in [2.75, 3.05) is 0 Å². The van der Waals surface area contributed by atoms with Crippen molar-refractivity contribution >= 4 is 6.29 Å². The lowest BCUT2D eigenvalue weighted by Crippen LogP contribution is -2.08. The highest BCUT2D eigenvalue weighted by molar-refractivity contribution is 5.71. The summed E-state index contributed by atoms with van der Waals surface area (Å²) in [7, 11) is 0. The monoisotopic (exact) mass is 176 g/mol. The zero-order chi connectivity index (χ0) is 8.84. The lowest BCUT2D eigenvalue weighted by molar-refractivity contribution is 0.111. The highest BCUT2D eigenvalue weighted by Gasteiger charge is 2.46. The Kier molecular flexibility index (Phi) is 1.37. The van der Waals surface area contributed by atoms with Crippen molar-refractivity contribution in [3.8, 4) is 0 Å². The minimum absolute atomic E-state index is 0.548. The van der Waals surface area contributed by atoms with E-state index >= 15 is 0 Å². The third kappa shape index (κ3) is 1.03. The minimum atomic E-state index is 0.548. The molecule has 2 unspecified atom stereocenters. The summed E-state index contributed by atoms with van der Waals surface area (Å²) in [5, 5.41) is 0. The standard InChI is InChI=1S/C10H12N2O/c13-5-10-4-11-6-12(10)9-2-7-1-8(7)3-9/h4-9H,1-3H2. The van der Waals surface area contributed by atoms with Crippen molar-refractivity contribution in [2.45, 2.75) is 25.3 Å². The number of nitrogens with zero attached hydrogens (tertiary/aromatic N) is 2. The number of aldehydes is 1. The summed E-state index contributed by atoms with van der Waals surface area (Å²) >= 11 is 0. The first-order chi connectivity index (χ1) is 6.38. The van der Waals surface area contributed by atoms with Gasteiger partial charge in [0.05, 0.1) is 12.5 Å². The Bertz CT molecular complexity index is 334. The number of hydrogen-bond acceptors (Lipinski definition) is 2. The van der Waals surface area contributed by atoms with Gasteiger partial charge in [0.25, 0.3) is 0 Å². The molecule has 0 bridgehead atoms. The normalized spacial score (nSPS) is 35.8. The van der Waals surface area contributed by atoms with E-state index in [4.69, 9.17) is 0 Å². The third-order valence-electron chi connectivity index (χ3n) is 3.43. The van der Waals surface area contributed by atoms with Crippen molar-refractivity contribution in [3.63, 3.8) is 0 Å². The summed E-state index contributed by atoms with van der Waals surface area (Å²) < 4.78 is 2.04. The van der Waals surface area contributed by atoms with Crippen LogP contribution >= 0.6 is 0 Å². The highest BCUT2D eigenvalue weighted by Crippen LogP contribution is 2.56. The maximum atomic E-state index is 10.7. The number of fused-ring (bicyclic) bond motifs is 1. The number of carbonyl (C=O) groups excluding carboxylic acids is 1. The van der Waals surface area contributed by atoms with E-state index in [9.17, 15) is 4.79 Å². The lowest BCUT2D eigenvalue weighted by atomic mass is 10.1. The number of aromatic nitrogens is 2. The van der Waals surface area contributed by atoms with Crippen LogP contribution < -0.4 is 0 Å². The molecule has 68 valence electrons. The van der Waals surface area contributed by atoms with E-state index in [0.717, 1.165) is 23.8 Å². The second-order valence-electron chi connectivity index (χ2n) is 4.22. The van der Waals surface area contributed by atoms with Gasteiger partial charge in [0.2, 0.25) is 0 Å². The predicted octanol–water partition coefficient (Wildman–Crippen LogP) is 1.67. The van der Waals surface area contributed by atoms with Gasteiger partial charge in [-0.1, -0.05) is 0 Å². The van der Waals surface area contributed by atoms with Crippen LogP contribution in [0.1, 0.15) is 35.8 Å². The minimum Gasteiger partial charge on any atom is -0.325 e. The first-order valence-corrected chi connectivity index (χ1v) is 4.85. The van der Waals surface area contributed by atoms with Gasteiger partial charge in [0, 0.05) is 6.04 Å². The SMILES string of the molecule is O=Cc1cncn1C1CC2CC2C1. The Morgan fingerprint density at radius 3 is 2.85 bits per heavy atom. The van der Waals surface area contributed by atoms with Crippen LogP contribution in [0.4, 0.5) is 0 Å². The van der Waals surface area contributed by atoms with Gasteiger partial charge in [-0.15, -0.1) is 0 Å². The molecule has 2 aliphatic rings. The van der Waals surface area contributed by atoms with Crippen LogP contribution in [-0.2, 0) is 0 Å². The van der Waals surface area contributed by atoms with Gasteiger partial charge in [-0.05, 0) is 31.1 Å². The van der Waals surface area contributed by atoms with Gasteiger partial charge >= 0.3 is 0 Å². The second-order valence-corrected chi connectivity index (χ2v) is 4.22. The topological polar surface area (TPSA) is 34.9 Å². The molecule has 3 nitrogen and oxygen atoms in total. The van der Waals surface area contributed by atoms with Gasteiger partial charge in [-0.2, -0.15) is 0 Å². The summed E-state index contributed by atoms with van der Waals surface area (Å²) in [5.41, 5.74) is 0.728. The molecule has 2 atom stereocenters. The van der Waals surface area contributed by atoms with E-state index in [2.05, 4.69) is 4.98 Å². The Labute approximate surface area is 76.8 Å². The van der Waals surface area contributed by atoms with Crippen molar-refractivity contribution in [1.82, 2.24) is 9.55 Å². The van der Waals surface area contributed by atoms with E-state index in [0.29, 0.717) is 6.04 Å². The van der Waals surface area contributed by atoms with E-state index in [1.54, 1.807) is 12.5 Å². The molecule has 0 radical (unpaired) electrons. The van der Waals surface area contributed by atoms with E-state index in [1.165, 1.54) is 19.3 Å². The summed E-state index contributed by atoms with van der Waals surface area (Å²) in [4.78, 5) is 14.7. The summed E-state index contributed by atoms with van der Waals surface area (Å²) in [6.45, 7) is 0. The van der Waals surface area contributed by atoms with Crippen molar-refractivity contribution in [2.24, 2.45) is 11.8 Å². The number of rotatable bonds is 2. The summed E-state index contributed by atoms with van der Waals surface area (Å²) in [5.74, 6) is 1.90.